The molecule has 5 heteroatoms. The first-order valence-corrected chi connectivity index (χ1v) is 8.13. The normalized spacial score (nSPS) is 20.8. The fraction of sp³-hybridized carbons (Fsp3) is 0.571. The second kappa shape index (κ2) is 6.03. The van der Waals surface area contributed by atoms with Gasteiger partial charge in [-0.1, -0.05) is 19.1 Å². The third-order valence-electron chi connectivity index (χ3n) is 3.62. The number of hydrogen-bond acceptors (Lipinski definition) is 3. The maximum absolute atomic E-state index is 12.6. The summed E-state index contributed by atoms with van der Waals surface area (Å²) >= 11 is 0. The Hall–Kier alpha value is -0.910. The largest absolute Gasteiger partial charge is 0.383 e. The van der Waals surface area contributed by atoms with Crippen molar-refractivity contribution in [2.24, 2.45) is 0 Å². The van der Waals surface area contributed by atoms with Crippen LogP contribution in [0.1, 0.15) is 25.3 Å². The molecule has 1 aliphatic rings. The zero-order chi connectivity index (χ0) is 13.9. The molecule has 0 bridgehead atoms. The summed E-state index contributed by atoms with van der Waals surface area (Å²) in [7, 11) is -1.77. The van der Waals surface area contributed by atoms with E-state index in [0.29, 0.717) is 18.0 Å². The molecule has 4 nitrogen and oxygen atoms in total. The van der Waals surface area contributed by atoms with Crippen molar-refractivity contribution in [1.29, 1.82) is 0 Å². The van der Waals surface area contributed by atoms with Gasteiger partial charge in [-0.2, -0.15) is 4.31 Å². The highest BCUT2D eigenvalue weighted by Crippen LogP contribution is 2.26. The quantitative estimate of drug-likeness (QED) is 0.831. The molecule has 1 atom stereocenters. The molecule has 1 aromatic carbocycles. The predicted molar refractivity (Wildman–Crippen MR) is 74.6 cm³/mol. The van der Waals surface area contributed by atoms with Crippen molar-refractivity contribution >= 4 is 10.0 Å². The van der Waals surface area contributed by atoms with E-state index in [-0.39, 0.29) is 6.04 Å². The molecular weight excluding hydrogens is 262 g/mol. The maximum Gasteiger partial charge on any atom is 0.243 e. The average Bonchev–Trinajstić information content (AvgIpc) is 2.88. The van der Waals surface area contributed by atoms with Gasteiger partial charge in [0.2, 0.25) is 10.0 Å². The van der Waals surface area contributed by atoms with E-state index in [2.05, 4.69) is 6.92 Å². The average molecular weight is 283 g/mol. The molecule has 0 aromatic heterocycles. The lowest BCUT2D eigenvalue weighted by atomic mass is 10.2. The van der Waals surface area contributed by atoms with E-state index < -0.39 is 10.0 Å². The van der Waals surface area contributed by atoms with E-state index in [1.807, 2.05) is 12.1 Å². The SMILES string of the molecule is CCc1ccc(S(=O)(=O)N2CCCC2COC)cc1. The van der Waals surface area contributed by atoms with Crippen LogP contribution >= 0.6 is 0 Å². The van der Waals surface area contributed by atoms with Crippen LogP contribution in [0.4, 0.5) is 0 Å². The Balaban J connectivity index is 2.25. The number of methoxy groups -OCH3 is 1. The van der Waals surface area contributed by atoms with Gasteiger partial charge in [0.05, 0.1) is 11.5 Å². The van der Waals surface area contributed by atoms with Crippen LogP contribution in [0.3, 0.4) is 0 Å². The van der Waals surface area contributed by atoms with Crippen molar-refractivity contribution < 1.29 is 13.2 Å². The van der Waals surface area contributed by atoms with E-state index in [1.54, 1.807) is 23.5 Å². The number of rotatable bonds is 5. The highest BCUT2D eigenvalue weighted by atomic mass is 32.2. The summed E-state index contributed by atoms with van der Waals surface area (Å²) in [5.41, 5.74) is 1.15. The molecule has 0 saturated carbocycles. The zero-order valence-electron chi connectivity index (χ0n) is 11.5. The van der Waals surface area contributed by atoms with Crippen molar-refractivity contribution in [2.45, 2.75) is 37.1 Å². The summed E-state index contributed by atoms with van der Waals surface area (Å²) in [6, 6.07) is 7.15. The first kappa shape index (κ1) is 14.5. The number of nitrogens with zero attached hydrogens (tertiary/aromatic N) is 1. The molecule has 1 fully saturated rings. The van der Waals surface area contributed by atoms with Crippen molar-refractivity contribution in [3.8, 4) is 0 Å². The van der Waals surface area contributed by atoms with Crippen LogP contribution in [-0.4, -0.2) is 39.0 Å². The van der Waals surface area contributed by atoms with E-state index in [4.69, 9.17) is 4.74 Å². The summed E-state index contributed by atoms with van der Waals surface area (Å²) in [6.45, 7) is 3.11. The number of sulfonamides is 1. The topological polar surface area (TPSA) is 46.6 Å². The van der Waals surface area contributed by atoms with Crippen molar-refractivity contribution in [3.63, 3.8) is 0 Å². The molecule has 19 heavy (non-hydrogen) atoms. The molecule has 0 N–H and O–H groups in total. The molecule has 0 radical (unpaired) electrons. The molecule has 2 rings (SSSR count). The van der Waals surface area contributed by atoms with Gasteiger partial charge in [0.15, 0.2) is 0 Å². The molecule has 1 heterocycles. The van der Waals surface area contributed by atoms with Gasteiger partial charge >= 0.3 is 0 Å². The maximum atomic E-state index is 12.6. The van der Waals surface area contributed by atoms with E-state index >= 15 is 0 Å². The summed E-state index contributed by atoms with van der Waals surface area (Å²) < 4.78 is 31.9. The smallest absolute Gasteiger partial charge is 0.243 e. The van der Waals surface area contributed by atoms with Gasteiger partial charge in [0.25, 0.3) is 0 Å². The van der Waals surface area contributed by atoms with Gasteiger partial charge in [0, 0.05) is 19.7 Å². The van der Waals surface area contributed by atoms with Crippen LogP contribution in [0.2, 0.25) is 0 Å². The lowest BCUT2D eigenvalue weighted by molar-refractivity contribution is 0.149. The van der Waals surface area contributed by atoms with Crippen LogP contribution in [0.25, 0.3) is 0 Å². The Morgan fingerprint density at radius 3 is 2.58 bits per heavy atom. The summed E-state index contributed by atoms with van der Waals surface area (Å²) in [6.07, 6.45) is 2.69. The summed E-state index contributed by atoms with van der Waals surface area (Å²) in [4.78, 5) is 0.382. The third-order valence-corrected chi connectivity index (χ3v) is 5.59. The predicted octanol–water partition coefficient (Wildman–Crippen LogP) is 2.05. The summed E-state index contributed by atoms with van der Waals surface area (Å²) in [5, 5.41) is 0. The van der Waals surface area contributed by atoms with Gasteiger partial charge in [0.1, 0.15) is 0 Å². The highest BCUT2D eigenvalue weighted by molar-refractivity contribution is 7.89. The Morgan fingerprint density at radius 1 is 1.32 bits per heavy atom. The van der Waals surface area contributed by atoms with Gasteiger partial charge in [-0.3, -0.25) is 0 Å². The first-order chi connectivity index (χ1) is 9.09. The minimum atomic E-state index is -3.38. The lowest BCUT2D eigenvalue weighted by Crippen LogP contribution is -2.38. The van der Waals surface area contributed by atoms with Gasteiger partial charge in [-0.25, -0.2) is 8.42 Å². The fourth-order valence-corrected chi connectivity index (χ4v) is 4.20. The minimum Gasteiger partial charge on any atom is -0.383 e. The van der Waals surface area contributed by atoms with Gasteiger partial charge in [-0.15, -0.1) is 0 Å². The molecule has 0 spiro atoms. The number of ether oxygens (including phenoxy) is 1. The zero-order valence-corrected chi connectivity index (χ0v) is 12.3. The Morgan fingerprint density at radius 2 is 2.00 bits per heavy atom. The number of aryl methyl sites for hydroxylation is 1. The molecule has 1 unspecified atom stereocenters. The van der Waals surface area contributed by atoms with Crippen LogP contribution in [0.15, 0.2) is 29.2 Å². The molecule has 0 aliphatic carbocycles. The van der Waals surface area contributed by atoms with Crippen LogP contribution in [0.5, 0.6) is 0 Å². The molecule has 1 aromatic rings. The minimum absolute atomic E-state index is 0.0270. The van der Waals surface area contributed by atoms with Crippen molar-refractivity contribution in [3.05, 3.63) is 29.8 Å². The lowest BCUT2D eigenvalue weighted by Gasteiger charge is -2.23. The second-order valence-corrected chi connectivity index (χ2v) is 6.76. The first-order valence-electron chi connectivity index (χ1n) is 6.69. The molecular formula is C14H21NO3S. The van der Waals surface area contributed by atoms with Crippen molar-refractivity contribution in [1.82, 2.24) is 4.31 Å². The van der Waals surface area contributed by atoms with Gasteiger partial charge in [-0.05, 0) is 37.0 Å². The van der Waals surface area contributed by atoms with E-state index in [0.717, 1.165) is 24.8 Å². The monoisotopic (exact) mass is 283 g/mol. The molecule has 0 amide bonds. The van der Waals surface area contributed by atoms with E-state index in [9.17, 15) is 8.42 Å². The number of hydrogen-bond donors (Lipinski definition) is 0. The van der Waals surface area contributed by atoms with Crippen LogP contribution in [0, 0.1) is 0 Å². The van der Waals surface area contributed by atoms with Crippen LogP contribution in [-0.2, 0) is 21.2 Å². The van der Waals surface area contributed by atoms with Gasteiger partial charge < -0.3 is 4.74 Å². The standard InChI is InChI=1S/C14H21NO3S/c1-3-12-6-8-14(9-7-12)19(16,17)15-10-4-5-13(15)11-18-2/h6-9,13H,3-5,10-11H2,1-2H3. The summed E-state index contributed by atoms with van der Waals surface area (Å²) in [5.74, 6) is 0. The molecule has 1 aliphatic heterocycles. The van der Waals surface area contributed by atoms with Crippen LogP contribution < -0.4 is 0 Å². The Kier molecular flexibility index (Phi) is 4.60. The third kappa shape index (κ3) is 2.99. The fourth-order valence-electron chi connectivity index (χ4n) is 2.52. The number of benzene rings is 1. The second-order valence-electron chi connectivity index (χ2n) is 4.86. The highest BCUT2D eigenvalue weighted by Gasteiger charge is 2.35. The Bertz CT molecular complexity index is 510. The molecule has 106 valence electrons. The molecule has 1 saturated heterocycles. The van der Waals surface area contributed by atoms with Crippen molar-refractivity contribution in [2.75, 3.05) is 20.3 Å². The van der Waals surface area contributed by atoms with E-state index in [1.165, 1.54) is 0 Å². The Labute approximate surface area is 115 Å².